The molecule has 0 saturated carbocycles. The van der Waals surface area contributed by atoms with Gasteiger partial charge in [0.1, 0.15) is 0 Å². The summed E-state index contributed by atoms with van der Waals surface area (Å²) in [4.78, 5) is 0. The summed E-state index contributed by atoms with van der Waals surface area (Å²) >= 11 is 3.37. The average molecular weight is 215 g/mol. The molecular formula is C8H11BrN2. The Labute approximate surface area is 74.9 Å². The molecule has 0 fully saturated rings. The molecule has 0 unspecified atom stereocenters. The summed E-state index contributed by atoms with van der Waals surface area (Å²) in [6.45, 7) is 0.821. The number of hydrogen-bond donors (Lipinski definition) is 2. The quantitative estimate of drug-likeness (QED) is 0.591. The Morgan fingerprint density at radius 3 is 2.45 bits per heavy atom. The van der Waals surface area contributed by atoms with E-state index < -0.39 is 0 Å². The van der Waals surface area contributed by atoms with E-state index >= 15 is 0 Å². The van der Waals surface area contributed by atoms with Crippen LogP contribution >= 0.6 is 15.9 Å². The van der Waals surface area contributed by atoms with E-state index in [1.165, 1.54) is 5.56 Å². The van der Waals surface area contributed by atoms with Gasteiger partial charge >= 0.3 is 0 Å². The highest BCUT2D eigenvalue weighted by Crippen LogP contribution is 2.10. The van der Waals surface area contributed by atoms with Crippen LogP contribution < -0.4 is 11.3 Å². The van der Waals surface area contributed by atoms with Crippen molar-refractivity contribution in [3.05, 3.63) is 34.3 Å². The van der Waals surface area contributed by atoms with Gasteiger partial charge in [0.2, 0.25) is 0 Å². The lowest BCUT2D eigenvalue weighted by Crippen LogP contribution is -2.24. The van der Waals surface area contributed by atoms with Gasteiger partial charge in [0, 0.05) is 11.0 Å². The molecule has 1 aromatic rings. The van der Waals surface area contributed by atoms with Crippen LogP contribution in [0.4, 0.5) is 0 Å². The van der Waals surface area contributed by atoms with Gasteiger partial charge in [-0.05, 0) is 24.1 Å². The first-order valence-electron chi connectivity index (χ1n) is 3.51. The van der Waals surface area contributed by atoms with Gasteiger partial charge in [0.25, 0.3) is 0 Å². The molecule has 2 nitrogen and oxygen atoms in total. The molecule has 0 spiro atoms. The van der Waals surface area contributed by atoms with Gasteiger partial charge in [0.05, 0.1) is 0 Å². The molecule has 0 saturated heterocycles. The summed E-state index contributed by atoms with van der Waals surface area (Å²) in [6, 6.07) is 8.24. The van der Waals surface area contributed by atoms with E-state index in [0.717, 1.165) is 17.4 Å². The fraction of sp³-hybridized carbons (Fsp3) is 0.250. The van der Waals surface area contributed by atoms with E-state index in [1.54, 1.807) is 0 Å². The average Bonchev–Trinajstić information content (AvgIpc) is 2.04. The van der Waals surface area contributed by atoms with Crippen molar-refractivity contribution in [2.75, 3.05) is 6.54 Å². The molecule has 1 aromatic carbocycles. The highest BCUT2D eigenvalue weighted by atomic mass is 79.9. The summed E-state index contributed by atoms with van der Waals surface area (Å²) in [6.07, 6.45) is 0.976. The maximum atomic E-state index is 5.15. The lowest BCUT2D eigenvalue weighted by molar-refractivity contribution is 0.728. The van der Waals surface area contributed by atoms with Crippen LogP contribution in [0.2, 0.25) is 0 Å². The lowest BCUT2D eigenvalue weighted by Gasteiger charge is -1.99. The molecule has 0 aliphatic rings. The molecule has 0 radical (unpaired) electrons. The van der Waals surface area contributed by atoms with Crippen molar-refractivity contribution < 1.29 is 0 Å². The summed E-state index contributed by atoms with van der Waals surface area (Å²) < 4.78 is 1.11. The molecule has 60 valence electrons. The number of hydrogen-bond acceptors (Lipinski definition) is 2. The van der Waals surface area contributed by atoms with Gasteiger partial charge < -0.3 is 0 Å². The second kappa shape index (κ2) is 4.49. The zero-order chi connectivity index (χ0) is 8.10. The lowest BCUT2D eigenvalue weighted by atomic mass is 10.2. The highest BCUT2D eigenvalue weighted by molar-refractivity contribution is 9.10. The van der Waals surface area contributed by atoms with E-state index in [-0.39, 0.29) is 0 Å². The maximum absolute atomic E-state index is 5.15. The van der Waals surface area contributed by atoms with E-state index in [9.17, 15) is 0 Å². The van der Waals surface area contributed by atoms with Crippen molar-refractivity contribution in [1.29, 1.82) is 0 Å². The number of nitrogens with one attached hydrogen (secondary N) is 1. The van der Waals surface area contributed by atoms with Gasteiger partial charge in [-0.25, -0.2) is 0 Å². The third-order valence-electron chi connectivity index (χ3n) is 1.47. The van der Waals surface area contributed by atoms with Crippen molar-refractivity contribution >= 4 is 15.9 Å². The molecule has 11 heavy (non-hydrogen) atoms. The van der Waals surface area contributed by atoms with Crippen LogP contribution in [0.15, 0.2) is 28.7 Å². The van der Waals surface area contributed by atoms with Crippen molar-refractivity contribution in [3.63, 3.8) is 0 Å². The van der Waals surface area contributed by atoms with Gasteiger partial charge in [-0.3, -0.25) is 11.3 Å². The number of nitrogens with two attached hydrogens (primary N) is 1. The Balaban J connectivity index is 2.52. The van der Waals surface area contributed by atoms with Crippen LogP contribution in [-0.4, -0.2) is 6.54 Å². The molecule has 0 amide bonds. The summed E-state index contributed by atoms with van der Waals surface area (Å²) in [5, 5.41) is 0. The second-order valence-electron chi connectivity index (χ2n) is 2.33. The Bertz CT molecular complexity index is 208. The normalized spacial score (nSPS) is 10.0. The zero-order valence-corrected chi connectivity index (χ0v) is 7.76. The fourth-order valence-corrected chi connectivity index (χ4v) is 1.13. The molecule has 1 rings (SSSR count). The van der Waals surface area contributed by atoms with Crippen molar-refractivity contribution in [1.82, 2.24) is 5.43 Å². The Kier molecular flexibility index (Phi) is 3.56. The summed E-state index contributed by atoms with van der Waals surface area (Å²) in [5.74, 6) is 5.15. The predicted molar refractivity (Wildman–Crippen MR) is 50.0 cm³/mol. The molecule has 0 heterocycles. The smallest absolute Gasteiger partial charge is 0.0175 e. The zero-order valence-electron chi connectivity index (χ0n) is 6.18. The topological polar surface area (TPSA) is 38.0 Å². The molecule has 3 heteroatoms. The van der Waals surface area contributed by atoms with Crippen LogP contribution in [-0.2, 0) is 6.42 Å². The van der Waals surface area contributed by atoms with Crippen LogP contribution in [0.5, 0.6) is 0 Å². The van der Waals surface area contributed by atoms with E-state index in [4.69, 9.17) is 5.84 Å². The van der Waals surface area contributed by atoms with Crippen LogP contribution in [0.25, 0.3) is 0 Å². The van der Waals surface area contributed by atoms with Gasteiger partial charge in [-0.1, -0.05) is 28.1 Å². The Morgan fingerprint density at radius 2 is 1.91 bits per heavy atom. The fourth-order valence-electron chi connectivity index (χ4n) is 0.868. The first-order valence-corrected chi connectivity index (χ1v) is 4.30. The number of rotatable bonds is 3. The maximum Gasteiger partial charge on any atom is 0.0175 e. The van der Waals surface area contributed by atoms with E-state index in [2.05, 4.69) is 33.5 Å². The van der Waals surface area contributed by atoms with Crippen molar-refractivity contribution in [3.8, 4) is 0 Å². The molecule has 3 N–H and O–H groups in total. The van der Waals surface area contributed by atoms with Gasteiger partial charge in [0.15, 0.2) is 0 Å². The van der Waals surface area contributed by atoms with Crippen LogP contribution in [0.1, 0.15) is 5.56 Å². The van der Waals surface area contributed by atoms with Gasteiger partial charge in [-0.15, -0.1) is 0 Å². The molecular weight excluding hydrogens is 204 g/mol. The predicted octanol–water partition coefficient (Wildman–Crippen LogP) is 1.45. The molecule has 0 atom stereocenters. The van der Waals surface area contributed by atoms with E-state index in [0.29, 0.717) is 0 Å². The number of benzene rings is 1. The molecule has 0 aliphatic heterocycles. The van der Waals surface area contributed by atoms with Crippen LogP contribution in [0, 0.1) is 0 Å². The minimum Gasteiger partial charge on any atom is -0.271 e. The molecule has 0 aliphatic carbocycles. The van der Waals surface area contributed by atoms with Crippen molar-refractivity contribution in [2.45, 2.75) is 6.42 Å². The highest BCUT2D eigenvalue weighted by Gasteiger charge is 1.90. The van der Waals surface area contributed by atoms with Crippen LogP contribution in [0.3, 0.4) is 0 Å². The number of halogens is 1. The standard InChI is InChI=1S/C8H11BrN2/c9-8-3-1-7(2-4-8)5-6-11-10/h1-4,11H,5-6,10H2. The largest absolute Gasteiger partial charge is 0.271 e. The first-order chi connectivity index (χ1) is 5.33. The minimum atomic E-state index is 0.821. The summed E-state index contributed by atoms with van der Waals surface area (Å²) in [7, 11) is 0. The summed E-state index contributed by atoms with van der Waals surface area (Å²) in [5.41, 5.74) is 3.92. The monoisotopic (exact) mass is 214 g/mol. The third kappa shape index (κ3) is 3.01. The minimum absolute atomic E-state index is 0.821. The number of hydrazine groups is 1. The molecule has 0 aromatic heterocycles. The van der Waals surface area contributed by atoms with Crippen molar-refractivity contribution in [2.24, 2.45) is 5.84 Å². The first kappa shape index (κ1) is 8.71. The Hall–Kier alpha value is -0.380. The molecule has 0 bridgehead atoms. The van der Waals surface area contributed by atoms with E-state index in [1.807, 2.05) is 12.1 Å². The second-order valence-corrected chi connectivity index (χ2v) is 3.25. The Morgan fingerprint density at radius 1 is 1.27 bits per heavy atom. The van der Waals surface area contributed by atoms with Gasteiger partial charge in [-0.2, -0.15) is 0 Å². The SMILES string of the molecule is NNCCc1ccc(Br)cc1. The third-order valence-corrected chi connectivity index (χ3v) is 2.00.